The maximum Gasteiger partial charge on any atom is 0.285 e. The second-order valence-corrected chi connectivity index (χ2v) is 10.7. The number of aryl methyl sites for hydroxylation is 2. The molecule has 1 amide bonds. The molecule has 2 saturated heterocycles. The van der Waals surface area contributed by atoms with Crippen molar-refractivity contribution >= 4 is 21.8 Å². The number of hydrogen-bond donors (Lipinski definition) is 0. The summed E-state index contributed by atoms with van der Waals surface area (Å²) in [4.78, 5) is 17.5. The number of piperidine rings is 1. The van der Waals surface area contributed by atoms with Gasteiger partial charge in [-0.1, -0.05) is 30.3 Å². The molecule has 0 aliphatic carbocycles. The Morgan fingerprint density at radius 2 is 1.67 bits per heavy atom. The van der Waals surface area contributed by atoms with E-state index in [9.17, 15) is 13.2 Å². The summed E-state index contributed by atoms with van der Waals surface area (Å²) in [7, 11) is -3.71. The molecule has 8 heteroatoms. The Morgan fingerprint density at radius 3 is 2.39 bits per heavy atom. The molecule has 0 saturated carbocycles. The molecule has 3 heterocycles. The minimum atomic E-state index is -3.71. The van der Waals surface area contributed by atoms with E-state index in [4.69, 9.17) is 4.74 Å². The summed E-state index contributed by atoms with van der Waals surface area (Å²) in [5, 5.41) is 0. The maximum atomic E-state index is 13.5. The van der Waals surface area contributed by atoms with Gasteiger partial charge in [-0.25, -0.2) is 0 Å². The minimum Gasteiger partial charge on any atom is -0.490 e. The second-order valence-electron chi connectivity index (χ2n) is 9.10. The van der Waals surface area contributed by atoms with Crippen molar-refractivity contribution in [3.8, 4) is 5.75 Å². The molecule has 0 N–H and O–H groups in total. The van der Waals surface area contributed by atoms with Gasteiger partial charge in [-0.05, 0) is 49.9 Å². The Labute approximate surface area is 195 Å². The number of amidine groups is 1. The maximum absolute atomic E-state index is 13.5. The number of para-hydroxylation sites is 1. The van der Waals surface area contributed by atoms with Crippen molar-refractivity contribution < 1.29 is 17.9 Å². The fourth-order valence-corrected chi connectivity index (χ4v) is 6.35. The third-order valence-corrected chi connectivity index (χ3v) is 8.19. The number of nitrogens with zero attached hydrogens (tertiary/aromatic N) is 3. The van der Waals surface area contributed by atoms with Gasteiger partial charge in [0.15, 0.2) is 5.84 Å². The highest BCUT2D eigenvalue weighted by Crippen LogP contribution is 2.32. The van der Waals surface area contributed by atoms with Gasteiger partial charge in [0.1, 0.15) is 22.8 Å². The average molecular weight is 468 g/mol. The van der Waals surface area contributed by atoms with Crippen molar-refractivity contribution in [3.63, 3.8) is 0 Å². The highest BCUT2D eigenvalue weighted by Gasteiger charge is 2.41. The summed E-state index contributed by atoms with van der Waals surface area (Å²) in [6.07, 6.45) is 3.20. The number of carbonyl (C=O) groups excluding carboxylic acids is 1. The standard InChI is InChI=1S/C25H29N3O4S/c1-17-7-5-8-18(2)23(17)32-19-12-15-27(16-13-19)25(29)21-10-6-14-28(21)24-20-9-3-4-11-22(20)33(30,31)26-24/h3-5,7-9,11,19,21H,6,10,12-16H2,1-2H3/t21-/m0/s1. The van der Waals surface area contributed by atoms with E-state index in [0.29, 0.717) is 37.5 Å². The molecule has 3 aliphatic rings. The number of carbonyl (C=O) groups is 1. The van der Waals surface area contributed by atoms with Crippen molar-refractivity contribution in [2.45, 2.75) is 56.6 Å². The van der Waals surface area contributed by atoms with E-state index in [2.05, 4.69) is 30.4 Å². The summed E-state index contributed by atoms with van der Waals surface area (Å²) in [6.45, 7) is 6.02. The van der Waals surface area contributed by atoms with E-state index in [0.717, 1.165) is 36.1 Å². The smallest absolute Gasteiger partial charge is 0.285 e. The van der Waals surface area contributed by atoms with Gasteiger partial charge in [0.25, 0.3) is 10.0 Å². The van der Waals surface area contributed by atoms with Crippen LogP contribution in [0.25, 0.3) is 0 Å². The summed E-state index contributed by atoms with van der Waals surface area (Å²) in [5.74, 6) is 1.42. The zero-order valence-electron chi connectivity index (χ0n) is 19.0. The molecule has 0 bridgehead atoms. The van der Waals surface area contributed by atoms with Crippen LogP contribution in [0.15, 0.2) is 51.8 Å². The number of benzene rings is 2. The van der Waals surface area contributed by atoms with Crippen LogP contribution >= 0.6 is 0 Å². The number of sulfonamides is 1. The van der Waals surface area contributed by atoms with Crippen LogP contribution in [-0.2, 0) is 14.8 Å². The number of ether oxygens (including phenoxy) is 1. The van der Waals surface area contributed by atoms with Gasteiger partial charge in [0, 0.05) is 38.0 Å². The number of hydrogen-bond acceptors (Lipinski definition) is 5. The predicted octanol–water partition coefficient (Wildman–Crippen LogP) is 3.29. The van der Waals surface area contributed by atoms with Gasteiger partial charge >= 0.3 is 0 Å². The van der Waals surface area contributed by atoms with Crippen molar-refractivity contribution in [3.05, 3.63) is 59.2 Å². The monoisotopic (exact) mass is 467 g/mol. The number of likely N-dealkylation sites (tertiary alicyclic amines) is 2. The van der Waals surface area contributed by atoms with Crippen LogP contribution in [0.3, 0.4) is 0 Å². The first-order chi connectivity index (χ1) is 15.8. The van der Waals surface area contributed by atoms with Crippen LogP contribution in [0.2, 0.25) is 0 Å². The quantitative estimate of drug-likeness (QED) is 0.692. The fraction of sp³-hybridized carbons (Fsp3) is 0.440. The molecular weight excluding hydrogens is 438 g/mol. The molecule has 7 nitrogen and oxygen atoms in total. The minimum absolute atomic E-state index is 0.0579. The van der Waals surface area contributed by atoms with Gasteiger partial charge in [-0.15, -0.1) is 4.40 Å². The molecule has 0 aromatic heterocycles. The van der Waals surface area contributed by atoms with Gasteiger partial charge in [-0.2, -0.15) is 8.42 Å². The molecule has 0 radical (unpaired) electrons. The Hall–Kier alpha value is -2.87. The second kappa shape index (κ2) is 8.48. The van der Waals surface area contributed by atoms with Crippen molar-refractivity contribution in [1.29, 1.82) is 0 Å². The Balaban J connectivity index is 1.27. The van der Waals surface area contributed by atoms with E-state index >= 15 is 0 Å². The van der Waals surface area contributed by atoms with Gasteiger partial charge in [-0.3, -0.25) is 4.79 Å². The van der Waals surface area contributed by atoms with Crippen LogP contribution in [0.4, 0.5) is 0 Å². The third kappa shape index (κ3) is 4.01. The van der Waals surface area contributed by atoms with E-state index in [1.165, 1.54) is 0 Å². The molecule has 3 aliphatic heterocycles. The fourth-order valence-electron chi connectivity index (χ4n) is 5.13. The normalized spacial score (nSPS) is 22.2. The van der Waals surface area contributed by atoms with Crippen LogP contribution in [0.5, 0.6) is 5.75 Å². The molecule has 5 rings (SSSR count). The summed E-state index contributed by atoms with van der Waals surface area (Å²) in [6, 6.07) is 12.6. The lowest BCUT2D eigenvalue weighted by Gasteiger charge is -2.36. The van der Waals surface area contributed by atoms with Crippen molar-refractivity contribution in [1.82, 2.24) is 9.80 Å². The first-order valence-electron chi connectivity index (χ1n) is 11.6. The van der Waals surface area contributed by atoms with E-state index in [-0.39, 0.29) is 22.9 Å². The first-order valence-corrected chi connectivity index (χ1v) is 13.0. The molecule has 174 valence electrons. The summed E-state index contributed by atoms with van der Waals surface area (Å²) in [5.41, 5.74) is 2.85. The summed E-state index contributed by atoms with van der Waals surface area (Å²) >= 11 is 0. The molecular formula is C25H29N3O4S. The van der Waals surface area contributed by atoms with Crippen LogP contribution in [-0.4, -0.2) is 61.7 Å². The molecule has 2 aromatic rings. The molecule has 0 unspecified atom stereocenters. The topological polar surface area (TPSA) is 79.3 Å². The largest absolute Gasteiger partial charge is 0.490 e. The molecule has 2 aromatic carbocycles. The van der Waals surface area contributed by atoms with Gasteiger partial charge < -0.3 is 14.5 Å². The number of rotatable bonds is 3. The van der Waals surface area contributed by atoms with Crippen molar-refractivity contribution in [2.75, 3.05) is 19.6 Å². The number of amides is 1. The Kier molecular flexibility index (Phi) is 5.64. The van der Waals surface area contributed by atoms with Crippen molar-refractivity contribution in [2.24, 2.45) is 4.40 Å². The van der Waals surface area contributed by atoms with Crippen LogP contribution < -0.4 is 4.74 Å². The van der Waals surface area contributed by atoms with E-state index in [1.807, 2.05) is 21.9 Å². The lowest BCUT2D eigenvalue weighted by atomic mass is 10.0. The van der Waals surface area contributed by atoms with Crippen LogP contribution in [0, 0.1) is 13.8 Å². The summed E-state index contributed by atoms with van der Waals surface area (Å²) < 4.78 is 35.4. The van der Waals surface area contributed by atoms with E-state index in [1.54, 1.807) is 18.2 Å². The Bertz CT molecular complexity index is 1200. The lowest BCUT2D eigenvalue weighted by molar-refractivity contribution is -0.136. The lowest BCUT2D eigenvalue weighted by Crippen LogP contribution is -2.51. The first kappa shape index (κ1) is 21.9. The van der Waals surface area contributed by atoms with Gasteiger partial charge in [0.05, 0.1) is 0 Å². The molecule has 33 heavy (non-hydrogen) atoms. The Morgan fingerprint density at radius 1 is 0.970 bits per heavy atom. The molecule has 1 atom stereocenters. The zero-order chi connectivity index (χ0) is 23.2. The number of fused-ring (bicyclic) bond motifs is 1. The van der Waals surface area contributed by atoms with E-state index < -0.39 is 10.0 Å². The van der Waals surface area contributed by atoms with Crippen LogP contribution in [0.1, 0.15) is 42.4 Å². The van der Waals surface area contributed by atoms with Gasteiger partial charge in [0.2, 0.25) is 5.91 Å². The zero-order valence-corrected chi connectivity index (χ0v) is 19.8. The SMILES string of the molecule is Cc1cccc(C)c1OC1CCN(C(=O)[C@@H]2CCCN2C2=NS(=O)(=O)c3ccccc32)CC1. The third-order valence-electron chi connectivity index (χ3n) is 6.87. The average Bonchev–Trinajstić information content (AvgIpc) is 3.39. The predicted molar refractivity (Wildman–Crippen MR) is 126 cm³/mol. The molecule has 2 fully saturated rings. The highest BCUT2D eigenvalue weighted by atomic mass is 32.2. The molecule has 0 spiro atoms. The highest BCUT2D eigenvalue weighted by molar-refractivity contribution is 7.90.